The number of carbonyl (C=O) groups is 1. The number of nitrogens with zero attached hydrogens (tertiary/aromatic N) is 2. The number of carbonyl (C=O) groups excluding carboxylic acids is 1. The Hall–Kier alpha value is -1.95. The van der Waals surface area contributed by atoms with Crippen molar-refractivity contribution in [2.24, 2.45) is 5.92 Å². The Kier molecular flexibility index (Phi) is 9.78. The van der Waals surface area contributed by atoms with Crippen LogP contribution in [0.1, 0.15) is 72.0 Å². The van der Waals surface area contributed by atoms with E-state index in [1.165, 1.54) is 12.1 Å². The van der Waals surface area contributed by atoms with Crippen molar-refractivity contribution in [3.05, 3.63) is 62.9 Å². The lowest BCUT2D eigenvalue weighted by Crippen LogP contribution is -2.49. The van der Waals surface area contributed by atoms with Gasteiger partial charge in [-0.15, -0.1) is 0 Å². The van der Waals surface area contributed by atoms with E-state index in [1.54, 1.807) is 13.2 Å². The number of halogens is 3. The summed E-state index contributed by atoms with van der Waals surface area (Å²) in [6.07, 6.45) is 5.22. The van der Waals surface area contributed by atoms with Gasteiger partial charge in [-0.2, -0.15) is 12.7 Å². The Labute approximate surface area is 251 Å². The molecule has 1 amide bonds. The third-order valence-electron chi connectivity index (χ3n) is 8.17. The number of benzene rings is 2. The molecule has 224 valence electrons. The number of ether oxygens (including phenoxy) is 2. The van der Waals surface area contributed by atoms with E-state index in [4.69, 9.17) is 32.7 Å². The molecule has 0 aromatic heterocycles. The lowest BCUT2D eigenvalue weighted by molar-refractivity contribution is 0.0837. The van der Waals surface area contributed by atoms with Gasteiger partial charge in [-0.1, -0.05) is 23.2 Å². The summed E-state index contributed by atoms with van der Waals surface area (Å²) < 4.78 is 54.4. The summed E-state index contributed by atoms with van der Waals surface area (Å²) in [4.78, 5) is 15.1. The van der Waals surface area contributed by atoms with Gasteiger partial charge in [-0.05, 0) is 98.8 Å². The first-order chi connectivity index (χ1) is 19.6. The number of amides is 1. The van der Waals surface area contributed by atoms with Gasteiger partial charge < -0.3 is 9.47 Å². The van der Waals surface area contributed by atoms with Crippen LogP contribution in [0.3, 0.4) is 0 Å². The second kappa shape index (κ2) is 13.1. The molecule has 0 spiro atoms. The van der Waals surface area contributed by atoms with Crippen LogP contribution in [-0.4, -0.2) is 70.0 Å². The van der Waals surface area contributed by atoms with Crippen LogP contribution in [0.25, 0.3) is 0 Å². The largest absolute Gasteiger partial charge is 0.493 e. The van der Waals surface area contributed by atoms with Gasteiger partial charge >= 0.3 is 10.2 Å². The first-order valence-corrected chi connectivity index (χ1v) is 16.3. The highest BCUT2D eigenvalue weighted by Crippen LogP contribution is 2.45. The summed E-state index contributed by atoms with van der Waals surface area (Å²) in [5.41, 5.74) is 1.55. The minimum absolute atomic E-state index is 0.132. The molecule has 1 saturated carbocycles. The Balaban J connectivity index is 1.21. The maximum atomic E-state index is 15.1. The SMILES string of the molecule is COCC[C@@H](c1cc(Cl)cc(Cl)c1)N1CCC(COc2cc(F)c(C(=O)NS(=O)(=O)N3CCC3)cc2C2CC2)CC1. The van der Waals surface area contributed by atoms with Crippen molar-refractivity contribution < 1.29 is 27.1 Å². The molecule has 8 nitrogen and oxygen atoms in total. The van der Waals surface area contributed by atoms with Crippen LogP contribution in [0.2, 0.25) is 10.0 Å². The number of rotatable bonds is 12. The molecule has 2 aromatic carbocycles. The topological polar surface area (TPSA) is 88.2 Å². The van der Waals surface area contributed by atoms with Gasteiger partial charge in [0.05, 0.1) is 12.2 Å². The molecule has 1 N–H and O–H groups in total. The van der Waals surface area contributed by atoms with E-state index in [1.807, 2.05) is 16.9 Å². The summed E-state index contributed by atoms with van der Waals surface area (Å²) in [5.74, 6) is -0.855. The molecule has 2 heterocycles. The normalized spacial score (nSPS) is 19.5. The lowest BCUT2D eigenvalue weighted by Gasteiger charge is -2.38. The third kappa shape index (κ3) is 7.53. The van der Waals surface area contributed by atoms with Crippen molar-refractivity contribution in [1.29, 1.82) is 0 Å². The van der Waals surface area contributed by atoms with Crippen LogP contribution in [0.4, 0.5) is 4.39 Å². The first-order valence-electron chi connectivity index (χ1n) is 14.1. The van der Waals surface area contributed by atoms with E-state index < -0.39 is 21.9 Å². The standard InChI is InChI=1S/C29H36Cl2FN3O5S/c1-39-12-7-27(21-13-22(30)15-23(31)14-21)34-10-5-19(6-11-34)18-40-28-17-26(32)25(16-24(28)20-3-4-20)29(36)33-41(37,38)35-8-2-9-35/h13-17,19-20,27H,2-12,18H2,1H3,(H,33,36)/t27-/m0/s1. The first kappa shape index (κ1) is 30.5. The third-order valence-corrected chi connectivity index (χ3v) is 10.1. The molecule has 2 saturated heterocycles. The van der Waals surface area contributed by atoms with Crippen LogP contribution in [-0.2, 0) is 14.9 Å². The van der Waals surface area contributed by atoms with E-state index in [9.17, 15) is 13.2 Å². The van der Waals surface area contributed by atoms with Gasteiger partial charge in [0.15, 0.2) is 0 Å². The molecule has 5 rings (SSSR count). The number of piperidine rings is 1. The van der Waals surface area contributed by atoms with Gasteiger partial charge in [-0.3, -0.25) is 9.69 Å². The highest BCUT2D eigenvalue weighted by Gasteiger charge is 2.33. The second-order valence-electron chi connectivity index (χ2n) is 11.1. The number of hydrogen-bond acceptors (Lipinski definition) is 6. The van der Waals surface area contributed by atoms with Crippen molar-refractivity contribution in [2.75, 3.05) is 46.5 Å². The molecule has 2 aliphatic heterocycles. The summed E-state index contributed by atoms with van der Waals surface area (Å²) in [6.45, 7) is 3.49. The minimum Gasteiger partial charge on any atom is -0.493 e. The van der Waals surface area contributed by atoms with Crippen molar-refractivity contribution in [3.63, 3.8) is 0 Å². The fourth-order valence-corrected chi connectivity index (χ4v) is 7.30. The van der Waals surface area contributed by atoms with Crippen molar-refractivity contribution >= 4 is 39.3 Å². The Morgan fingerprint density at radius 1 is 1.05 bits per heavy atom. The molecular weight excluding hydrogens is 592 g/mol. The second-order valence-corrected chi connectivity index (χ2v) is 13.7. The van der Waals surface area contributed by atoms with Gasteiger partial charge in [0.2, 0.25) is 0 Å². The zero-order valence-electron chi connectivity index (χ0n) is 23.1. The van der Waals surface area contributed by atoms with Gasteiger partial charge in [0.1, 0.15) is 11.6 Å². The fourth-order valence-electron chi connectivity index (χ4n) is 5.54. The van der Waals surface area contributed by atoms with Crippen molar-refractivity contribution in [3.8, 4) is 5.75 Å². The van der Waals surface area contributed by atoms with Crippen LogP contribution in [0.15, 0.2) is 30.3 Å². The maximum Gasteiger partial charge on any atom is 0.304 e. The number of likely N-dealkylation sites (tertiary alicyclic amines) is 1. The van der Waals surface area contributed by atoms with E-state index in [2.05, 4.69) is 4.90 Å². The number of nitrogens with one attached hydrogen (secondary N) is 1. The van der Waals surface area contributed by atoms with Gasteiger partial charge in [0, 0.05) is 49.0 Å². The lowest BCUT2D eigenvalue weighted by atomic mass is 9.93. The smallest absolute Gasteiger partial charge is 0.304 e. The van der Waals surface area contributed by atoms with Crippen LogP contribution in [0.5, 0.6) is 5.75 Å². The summed E-state index contributed by atoms with van der Waals surface area (Å²) >= 11 is 12.6. The summed E-state index contributed by atoms with van der Waals surface area (Å²) in [5, 5.41) is 1.22. The van der Waals surface area contributed by atoms with Crippen molar-refractivity contribution in [1.82, 2.24) is 13.9 Å². The van der Waals surface area contributed by atoms with E-state index in [-0.39, 0.29) is 23.4 Å². The number of hydrogen-bond donors (Lipinski definition) is 1. The van der Waals surface area contributed by atoms with E-state index in [0.717, 1.165) is 67.0 Å². The molecule has 3 fully saturated rings. The van der Waals surface area contributed by atoms with Gasteiger partial charge in [-0.25, -0.2) is 9.11 Å². The predicted octanol–water partition coefficient (Wildman–Crippen LogP) is 5.56. The molecule has 1 atom stereocenters. The molecule has 12 heteroatoms. The Morgan fingerprint density at radius 3 is 2.32 bits per heavy atom. The zero-order valence-corrected chi connectivity index (χ0v) is 25.4. The average molecular weight is 629 g/mol. The van der Waals surface area contributed by atoms with Crippen LogP contribution >= 0.6 is 23.2 Å². The molecular formula is C29H36Cl2FN3O5S. The molecule has 0 unspecified atom stereocenters. The molecule has 3 aliphatic rings. The van der Waals surface area contributed by atoms with E-state index in [0.29, 0.717) is 42.1 Å². The predicted molar refractivity (Wildman–Crippen MR) is 156 cm³/mol. The summed E-state index contributed by atoms with van der Waals surface area (Å²) in [7, 11) is -2.27. The number of methoxy groups -OCH3 is 1. The highest BCUT2D eigenvalue weighted by molar-refractivity contribution is 7.87. The zero-order chi connectivity index (χ0) is 29.1. The molecule has 2 aromatic rings. The highest BCUT2D eigenvalue weighted by atomic mass is 35.5. The summed E-state index contributed by atoms with van der Waals surface area (Å²) in [6, 6.07) is 8.48. The van der Waals surface area contributed by atoms with Crippen molar-refractivity contribution in [2.45, 2.75) is 50.5 Å². The molecule has 0 bridgehead atoms. The quantitative estimate of drug-likeness (QED) is 0.331. The van der Waals surface area contributed by atoms with Gasteiger partial charge in [0.25, 0.3) is 5.91 Å². The van der Waals surface area contributed by atoms with Crippen LogP contribution in [0, 0.1) is 11.7 Å². The molecule has 1 aliphatic carbocycles. The Bertz CT molecular complexity index is 1340. The van der Waals surface area contributed by atoms with E-state index >= 15 is 4.39 Å². The molecule has 41 heavy (non-hydrogen) atoms. The average Bonchev–Trinajstić information content (AvgIpc) is 3.71. The molecule has 0 radical (unpaired) electrons. The monoisotopic (exact) mass is 627 g/mol. The minimum atomic E-state index is -3.97. The fraction of sp³-hybridized carbons (Fsp3) is 0.552. The Morgan fingerprint density at radius 2 is 1.73 bits per heavy atom. The maximum absolute atomic E-state index is 15.1. The van der Waals surface area contributed by atoms with Crippen LogP contribution < -0.4 is 9.46 Å².